The fourth-order valence-electron chi connectivity index (χ4n) is 2.93. The highest BCUT2D eigenvalue weighted by Crippen LogP contribution is 2.18. The van der Waals surface area contributed by atoms with Crippen LogP contribution in [-0.4, -0.2) is 41.9 Å². The van der Waals surface area contributed by atoms with Gasteiger partial charge in [-0.05, 0) is 31.7 Å². The first kappa shape index (κ1) is 19.5. The van der Waals surface area contributed by atoms with Crippen LogP contribution in [0.25, 0.3) is 0 Å². The van der Waals surface area contributed by atoms with Crippen molar-refractivity contribution in [3.8, 4) is 0 Å². The minimum atomic E-state index is -0.131. The quantitative estimate of drug-likeness (QED) is 0.853. The van der Waals surface area contributed by atoms with Crippen LogP contribution in [0.3, 0.4) is 0 Å². The third-order valence-electron chi connectivity index (χ3n) is 4.12. The predicted molar refractivity (Wildman–Crippen MR) is 93.4 cm³/mol. The molecular weight excluding hydrogens is 314 g/mol. The molecule has 1 aliphatic heterocycles. The smallest absolute Gasteiger partial charge is 0.242 e. The molecule has 1 aromatic rings. The van der Waals surface area contributed by atoms with E-state index in [0.717, 1.165) is 31.4 Å². The first-order valence-electron chi connectivity index (χ1n) is 7.93. The molecule has 2 atom stereocenters. The molecule has 1 aliphatic rings. The normalized spacial score (nSPS) is 18.7. The first-order chi connectivity index (χ1) is 10.6. The fraction of sp³-hybridized carbons (Fsp3) is 0.529. The van der Waals surface area contributed by atoms with Crippen LogP contribution in [0.2, 0.25) is 0 Å². The molecule has 1 heterocycles. The van der Waals surface area contributed by atoms with Gasteiger partial charge in [-0.2, -0.15) is 0 Å². The highest BCUT2D eigenvalue weighted by atomic mass is 35.5. The number of nitrogens with two attached hydrogens (primary N) is 1. The largest absolute Gasteiger partial charge is 0.347 e. The van der Waals surface area contributed by atoms with Gasteiger partial charge in [-0.25, -0.2) is 0 Å². The summed E-state index contributed by atoms with van der Waals surface area (Å²) < 4.78 is 0. The van der Waals surface area contributed by atoms with Gasteiger partial charge >= 0.3 is 0 Å². The molecule has 1 saturated heterocycles. The Morgan fingerprint density at radius 1 is 1.30 bits per heavy atom. The van der Waals surface area contributed by atoms with Crippen molar-refractivity contribution in [2.45, 2.75) is 44.7 Å². The lowest BCUT2D eigenvalue weighted by Crippen LogP contribution is -2.54. The summed E-state index contributed by atoms with van der Waals surface area (Å²) in [7, 11) is 0. The molecule has 1 aromatic carbocycles. The molecule has 5 nitrogen and oxygen atoms in total. The number of hydrogen-bond donors (Lipinski definition) is 2. The second kappa shape index (κ2) is 9.53. The summed E-state index contributed by atoms with van der Waals surface area (Å²) >= 11 is 0. The van der Waals surface area contributed by atoms with E-state index in [2.05, 4.69) is 5.32 Å². The lowest BCUT2D eigenvalue weighted by Gasteiger charge is -2.38. The van der Waals surface area contributed by atoms with Crippen molar-refractivity contribution in [2.24, 2.45) is 5.73 Å². The van der Waals surface area contributed by atoms with Gasteiger partial charge in [0.15, 0.2) is 0 Å². The SMILES string of the molecule is CC(N)C1CCCCN1C(=O)CNC(=O)Cc1ccccc1.Cl. The highest BCUT2D eigenvalue weighted by Gasteiger charge is 2.28. The topological polar surface area (TPSA) is 75.4 Å². The van der Waals surface area contributed by atoms with Gasteiger partial charge < -0.3 is 16.0 Å². The number of carbonyl (C=O) groups excluding carboxylic acids is 2. The molecular formula is C17H26ClN3O2. The number of rotatable bonds is 5. The van der Waals surface area contributed by atoms with Crippen molar-refractivity contribution in [2.75, 3.05) is 13.1 Å². The molecule has 2 amide bonds. The second-order valence-corrected chi connectivity index (χ2v) is 5.95. The number of nitrogens with one attached hydrogen (secondary N) is 1. The zero-order valence-corrected chi connectivity index (χ0v) is 14.3. The van der Waals surface area contributed by atoms with E-state index in [9.17, 15) is 9.59 Å². The average molecular weight is 340 g/mol. The molecule has 128 valence electrons. The zero-order chi connectivity index (χ0) is 15.9. The van der Waals surface area contributed by atoms with Crippen molar-refractivity contribution in [3.63, 3.8) is 0 Å². The Morgan fingerprint density at radius 3 is 2.65 bits per heavy atom. The molecule has 0 aromatic heterocycles. The molecule has 6 heteroatoms. The number of halogens is 1. The van der Waals surface area contributed by atoms with Crippen LogP contribution in [0.5, 0.6) is 0 Å². The number of amides is 2. The molecule has 0 spiro atoms. The summed E-state index contributed by atoms with van der Waals surface area (Å²) in [5.74, 6) is -0.169. The number of piperidine rings is 1. The summed E-state index contributed by atoms with van der Waals surface area (Å²) in [6.07, 6.45) is 3.36. The molecule has 2 unspecified atom stereocenters. The molecule has 0 bridgehead atoms. The monoisotopic (exact) mass is 339 g/mol. The lowest BCUT2D eigenvalue weighted by atomic mass is 9.97. The maximum absolute atomic E-state index is 12.3. The Balaban J connectivity index is 0.00000264. The molecule has 2 rings (SSSR count). The van der Waals surface area contributed by atoms with Gasteiger partial charge in [0.2, 0.25) is 11.8 Å². The Hall–Kier alpha value is -1.59. The van der Waals surface area contributed by atoms with E-state index in [1.807, 2.05) is 42.2 Å². The maximum atomic E-state index is 12.3. The Bertz CT molecular complexity index is 508. The van der Waals surface area contributed by atoms with E-state index >= 15 is 0 Å². The van der Waals surface area contributed by atoms with Gasteiger partial charge in [0.25, 0.3) is 0 Å². The Kier molecular flexibility index (Phi) is 8.06. The van der Waals surface area contributed by atoms with Crippen molar-refractivity contribution < 1.29 is 9.59 Å². The van der Waals surface area contributed by atoms with Crippen LogP contribution in [-0.2, 0) is 16.0 Å². The maximum Gasteiger partial charge on any atom is 0.242 e. The summed E-state index contributed by atoms with van der Waals surface area (Å²) in [6, 6.07) is 9.56. The van der Waals surface area contributed by atoms with E-state index in [-0.39, 0.29) is 42.8 Å². The van der Waals surface area contributed by atoms with Crippen molar-refractivity contribution in [1.29, 1.82) is 0 Å². The van der Waals surface area contributed by atoms with Gasteiger partial charge in [0, 0.05) is 18.6 Å². The average Bonchev–Trinajstić information content (AvgIpc) is 2.53. The van der Waals surface area contributed by atoms with Crippen LogP contribution >= 0.6 is 12.4 Å². The fourth-order valence-corrected chi connectivity index (χ4v) is 2.93. The Labute approximate surface area is 144 Å². The van der Waals surface area contributed by atoms with Gasteiger partial charge in [-0.3, -0.25) is 9.59 Å². The van der Waals surface area contributed by atoms with Gasteiger partial charge in [-0.15, -0.1) is 12.4 Å². The minimum Gasteiger partial charge on any atom is -0.347 e. The molecule has 23 heavy (non-hydrogen) atoms. The second-order valence-electron chi connectivity index (χ2n) is 5.95. The van der Waals surface area contributed by atoms with E-state index in [1.54, 1.807) is 0 Å². The van der Waals surface area contributed by atoms with Crippen LogP contribution in [0.1, 0.15) is 31.7 Å². The minimum absolute atomic E-state index is 0. The molecule has 0 aliphatic carbocycles. The molecule has 3 N–H and O–H groups in total. The predicted octanol–water partition coefficient (Wildman–Crippen LogP) is 1.50. The van der Waals surface area contributed by atoms with E-state index in [0.29, 0.717) is 6.42 Å². The van der Waals surface area contributed by atoms with Crippen LogP contribution in [0.4, 0.5) is 0 Å². The lowest BCUT2D eigenvalue weighted by molar-refractivity contribution is -0.136. The third kappa shape index (κ3) is 5.84. The van der Waals surface area contributed by atoms with Crippen LogP contribution in [0, 0.1) is 0 Å². The molecule has 0 radical (unpaired) electrons. The summed E-state index contributed by atoms with van der Waals surface area (Å²) in [5.41, 5.74) is 6.92. The van der Waals surface area contributed by atoms with Gasteiger partial charge in [0.1, 0.15) is 0 Å². The van der Waals surface area contributed by atoms with E-state index in [4.69, 9.17) is 5.73 Å². The van der Waals surface area contributed by atoms with E-state index < -0.39 is 0 Å². The summed E-state index contributed by atoms with van der Waals surface area (Å²) in [5, 5.41) is 2.72. The molecule has 1 fully saturated rings. The summed E-state index contributed by atoms with van der Waals surface area (Å²) in [6.45, 7) is 2.72. The van der Waals surface area contributed by atoms with Gasteiger partial charge in [0.05, 0.1) is 13.0 Å². The number of benzene rings is 1. The van der Waals surface area contributed by atoms with Crippen molar-refractivity contribution >= 4 is 24.2 Å². The molecule has 0 saturated carbocycles. The highest BCUT2D eigenvalue weighted by molar-refractivity contribution is 5.86. The third-order valence-corrected chi connectivity index (χ3v) is 4.12. The number of hydrogen-bond acceptors (Lipinski definition) is 3. The standard InChI is InChI=1S/C17H25N3O2.ClH/c1-13(18)15-9-5-6-10-20(15)17(22)12-19-16(21)11-14-7-3-2-4-8-14;/h2-4,7-8,13,15H,5-6,9-12,18H2,1H3,(H,19,21);1H. The van der Waals surface area contributed by atoms with Crippen molar-refractivity contribution in [1.82, 2.24) is 10.2 Å². The zero-order valence-electron chi connectivity index (χ0n) is 13.5. The van der Waals surface area contributed by atoms with Crippen LogP contribution < -0.4 is 11.1 Å². The number of carbonyl (C=O) groups is 2. The van der Waals surface area contributed by atoms with Crippen LogP contribution in [0.15, 0.2) is 30.3 Å². The van der Waals surface area contributed by atoms with E-state index in [1.165, 1.54) is 0 Å². The number of nitrogens with zero attached hydrogens (tertiary/aromatic N) is 1. The van der Waals surface area contributed by atoms with Gasteiger partial charge in [-0.1, -0.05) is 30.3 Å². The first-order valence-corrected chi connectivity index (χ1v) is 7.93. The Morgan fingerprint density at radius 2 is 2.00 bits per heavy atom. The summed E-state index contributed by atoms with van der Waals surface area (Å²) in [4.78, 5) is 26.1. The van der Waals surface area contributed by atoms with Crippen molar-refractivity contribution in [3.05, 3.63) is 35.9 Å². The number of likely N-dealkylation sites (tertiary alicyclic amines) is 1.